The van der Waals surface area contributed by atoms with Gasteiger partial charge in [0, 0.05) is 16.7 Å². The third-order valence-electron chi connectivity index (χ3n) is 4.86. The lowest BCUT2D eigenvalue weighted by molar-refractivity contribution is -0.142. The van der Waals surface area contributed by atoms with E-state index in [1.807, 2.05) is 30.3 Å². The Morgan fingerprint density at radius 1 is 0.912 bits per heavy atom. The number of halogens is 1. The number of esters is 1. The molecule has 1 amide bonds. The third-order valence-corrected chi connectivity index (χ3v) is 7.20. The number of carbonyl (C=O) groups is 2. The summed E-state index contributed by atoms with van der Waals surface area (Å²) >= 11 is 3.31. The number of benzene rings is 3. The number of ether oxygens (including phenoxy) is 1. The van der Waals surface area contributed by atoms with Crippen LogP contribution in [0, 0.1) is 0 Å². The SMILES string of the molecule is CCOC(=O)Cc1ccc(NC(=O)CN(Cc2ccccc2)S(=O)(=O)c2ccc(Br)cc2)cc1. The second-order valence-corrected chi connectivity index (χ2v) is 10.3. The zero-order valence-corrected chi connectivity index (χ0v) is 21.0. The Hall–Kier alpha value is -3.01. The van der Waals surface area contributed by atoms with Gasteiger partial charge < -0.3 is 10.1 Å². The van der Waals surface area contributed by atoms with Crippen molar-refractivity contribution < 1.29 is 22.7 Å². The average Bonchev–Trinajstić information content (AvgIpc) is 2.81. The maximum atomic E-state index is 13.3. The molecule has 3 aromatic rings. The molecule has 0 aliphatic carbocycles. The smallest absolute Gasteiger partial charge is 0.310 e. The quantitative estimate of drug-likeness (QED) is 0.382. The molecule has 0 unspecified atom stereocenters. The minimum absolute atomic E-state index is 0.0468. The molecular weight excluding hydrogens is 520 g/mol. The van der Waals surface area contributed by atoms with Crippen molar-refractivity contribution >= 4 is 43.5 Å². The predicted molar refractivity (Wildman–Crippen MR) is 134 cm³/mol. The number of rotatable bonds is 10. The standard InChI is InChI=1S/C25H25BrN2O5S/c1-2-33-25(30)16-19-8-12-22(13-9-19)27-24(29)18-28(17-20-6-4-3-5-7-20)34(31,32)23-14-10-21(26)11-15-23/h3-15H,2,16-18H2,1H3,(H,27,29). The van der Waals surface area contributed by atoms with Crippen molar-refractivity contribution in [3.05, 3.63) is 94.5 Å². The highest BCUT2D eigenvalue weighted by Crippen LogP contribution is 2.21. The van der Waals surface area contributed by atoms with Crippen LogP contribution in [0.15, 0.2) is 88.2 Å². The van der Waals surface area contributed by atoms with E-state index in [0.29, 0.717) is 12.3 Å². The van der Waals surface area contributed by atoms with Gasteiger partial charge >= 0.3 is 5.97 Å². The number of carbonyl (C=O) groups excluding carboxylic acids is 2. The Kier molecular flexibility index (Phi) is 8.98. The van der Waals surface area contributed by atoms with E-state index in [1.54, 1.807) is 43.3 Å². The molecule has 3 aromatic carbocycles. The summed E-state index contributed by atoms with van der Waals surface area (Å²) in [6.07, 6.45) is 0.137. The fourth-order valence-electron chi connectivity index (χ4n) is 3.21. The van der Waals surface area contributed by atoms with Crippen molar-refractivity contribution in [3.8, 4) is 0 Å². The van der Waals surface area contributed by atoms with E-state index >= 15 is 0 Å². The highest BCUT2D eigenvalue weighted by atomic mass is 79.9. The second kappa shape index (κ2) is 11.9. The number of amides is 1. The summed E-state index contributed by atoms with van der Waals surface area (Å²) in [6.45, 7) is 1.74. The third kappa shape index (κ3) is 7.24. The van der Waals surface area contributed by atoms with Gasteiger partial charge in [-0.15, -0.1) is 0 Å². The van der Waals surface area contributed by atoms with Crippen LogP contribution in [-0.2, 0) is 37.3 Å². The largest absolute Gasteiger partial charge is 0.466 e. The van der Waals surface area contributed by atoms with E-state index in [9.17, 15) is 18.0 Å². The van der Waals surface area contributed by atoms with E-state index in [-0.39, 0.29) is 30.4 Å². The number of hydrogen-bond donors (Lipinski definition) is 1. The lowest BCUT2D eigenvalue weighted by Gasteiger charge is -2.22. The molecule has 3 rings (SSSR count). The highest BCUT2D eigenvalue weighted by molar-refractivity contribution is 9.10. The van der Waals surface area contributed by atoms with Crippen LogP contribution in [0.4, 0.5) is 5.69 Å². The van der Waals surface area contributed by atoms with Crippen LogP contribution in [0.2, 0.25) is 0 Å². The van der Waals surface area contributed by atoms with E-state index in [4.69, 9.17) is 4.74 Å². The van der Waals surface area contributed by atoms with Gasteiger partial charge in [-0.1, -0.05) is 58.4 Å². The summed E-state index contributed by atoms with van der Waals surface area (Å²) in [4.78, 5) is 24.5. The molecule has 9 heteroatoms. The second-order valence-electron chi connectivity index (χ2n) is 7.44. The van der Waals surface area contributed by atoms with Gasteiger partial charge in [0.15, 0.2) is 0 Å². The van der Waals surface area contributed by atoms with Crippen LogP contribution >= 0.6 is 15.9 Å². The van der Waals surface area contributed by atoms with Crippen LogP contribution in [0.1, 0.15) is 18.1 Å². The molecule has 0 saturated heterocycles. The molecule has 178 valence electrons. The fourth-order valence-corrected chi connectivity index (χ4v) is 4.86. The lowest BCUT2D eigenvalue weighted by atomic mass is 10.1. The summed E-state index contributed by atoms with van der Waals surface area (Å²) in [5, 5.41) is 2.73. The average molecular weight is 545 g/mol. The van der Waals surface area contributed by atoms with Crippen LogP contribution < -0.4 is 5.32 Å². The normalized spacial score (nSPS) is 11.3. The van der Waals surface area contributed by atoms with E-state index in [1.165, 1.54) is 12.1 Å². The molecule has 0 spiro atoms. The van der Waals surface area contributed by atoms with Crippen molar-refractivity contribution in [2.45, 2.75) is 24.8 Å². The highest BCUT2D eigenvalue weighted by Gasteiger charge is 2.27. The molecule has 0 aromatic heterocycles. The predicted octanol–water partition coefficient (Wildman–Crippen LogP) is 4.38. The molecule has 0 radical (unpaired) electrons. The van der Waals surface area contributed by atoms with Crippen molar-refractivity contribution in [3.63, 3.8) is 0 Å². The maximum absolute atomic E-state index is 13.3. The van der Waals surface area contributed by atoms with Gasteiger partial charge in [0.25, 0.3) is 0 Å². The first-order valence-corrected chi connectivity index (χ1v) is 12.9. The van der Waals surface area contributed by atoms with E-state index in [0.717, 1.165) is 19.9 Å². The van der Waals surface area contributed by atoms with Gasteiger partial charge in [0.2, 0.25) is 15.9 Å². The Bertz CT molecular complexity index is 1210. The van der Waals surface area contributed by atoms with Crippen molar-refractivity contribution in [2.75, 3.05) is 18.5 Å². The summed E-state index contributed by atoms with van der Waals surface area (Å²) in [7, 11) is -3.93. The zero-order chi connectivity index (χ0) is 24.6. The van der Waals surface area contributed by atoms with Gasteiger partial charge in [-0.25, -0.2) is 8.42 Å². The molecular formula is C25H25BrN2O5S. The van der Waals surface area contributed by atoms with Crippen LogP contribution in [-0.4, -0.2) is 37.8 Å². The van der Waals surface area contributed by atoms with Gasteiger partial charge in [-0.2, -0.15) is 4.31 Å². The molecule has 0 bridgehead atoms. The van der Waals surface area contributed by atoms with Crippen molar-refractivity contribution in [1.29, 1.82) is 0 Å². The molecule has 0 aliphatic heterocycles. The van der Waals surface area contributed by atoms with E-state index in [2.05, 4.69) is 21.2 Å². The van der Waals surface area contributed by atoms with Crippen LogP contribution in [0.5, 0.6) is 0 Å². The Labute approximate surface area is 207 Å². The van der Waals surface area contributed by atoms with Gasteiger partial charge in [-0.3, -0.25) is 9.59 Å². The summed E-state index contributed by atoms with van der Waals surface area (Å²) in [6, 6.07) is 22.1. The number of nitrogens with one attached hydrogen (secondary N) is 1. The van der Waals surface area contributed by atoms with Gasteiger partial charge in [0.05, 0.1) is 24.5 Å². The number of sulfonamides is 1. The monoisotopic (exact) mass is 544 g/mol. The van der Waals surface area contributed by atoms with Gasteiger partial charge in [0.1, 0.15) is 0 Å². The minimum Gasteiger partial charge on any atom is -0.466 e. The molecule has 34 heavy (non-hydrogen) atoms. The topological polar surface area (TPSA) is 92.8 Å². The number of hydrogen-bond acceptors (Lipinski definition) is 5. The first-order valence-electron chi connectivity index (χ1n) is 10.6. The number of anilines is 1. The summed E-state index contributed by atoms with van der Waals surface area (Å²) in [5.74, 6) is -0.802. The minimum atomic E-state index is -3.93. The molecule has 0 atom stereocenters. The molecule has 0 heterocycles. The molecule has 7 nitrogen and oxygen atoms in total. The van der Waals surface area contributed by atoms with Crippen LogP contribution in [0.3, 0.4) is 0 Å². The maximum Gasteiger partial charge on any atom is 0.310 e. The Morgan fingerprint density at radius 3 is 2.18 bits per heavy atom. The Morgan fingerprint density at radius 2 is 1.56 bits per heavy atom. The zero-order valence-electron chi connectivity index (χ0n) is 18.6. The Balaban J connectivity index is 1.74. The molecule has 0 aliphatic rings. The first-order chi connectivity index (χ1) is 16.3. The van der Waals surface area contributed by atoms with Crippen molar-refractivity contribution in [1.82, 2.24) is 4.31 Å². The first kappa shape index (κ1) is 25.6. The lowest BCUT2D eigenvalue weighted by Crippen LogP contribution is -2.37. The molecule has 0 fully saturated rings. The number of nitrogens with zero attached hydrogens (tertiary/aromatic N) is 1. The van der Waals surface area contributed by atoms with Crippen molar-refractivity contribution in [2.24, 2.45) is 0 Å². The van der Waals surface area contributed by atoms with E-state index < -0.39 is 15.9 Å². The summed E-state index contributed by atoms with van der Waals surface area (Å²) in [5.41, 5.74) is 2.01. The van der Waals surface area contributed by atoms with Gasteiger partial charge in [-0.05, 0) is 54.4 Å². The fraction of sp³-hybridized carbons (Fsp3) is 0.200. The molecule has 0 saturated carbocycles. The summed E-state index contributed by atoms with van der Waals surface area (Å²) < 4.78 is 33.5. The van der Waals surface area contributed by atoms with Crippen LogP contribution in [0.25, 0.3) is 0 Å². The molecule has 1 N–H and O–H groups in total.